The molecule has 0 saturated carbocycles. The minimum atomic E-state index is -0.0240. The minimum absolute atomic E-state index is 0.0240. The SMILES string of the molecule is CCOc1ncc(-c2nc(-c3ccc4c(c3)CCN(C(=O)CN)CC4)no2)cc1C=N. The van der Waals surface area contributed by atoms with E-state index in [9.17, 15) is 4.79 Å². The fourth-order valence-electron chi connectivity index (χ4n) is 3.65. The van der Waals surface area contributed by atoms with Gasteiger partial charge in [0.15, 0.2) is 0 Å². The molecule has 1 amide bonds. The molecule has 0 unspecified atom stereocenters. The van der Waals surface area contributed by atoms with E-state index in [4.69, 9.17) is 20.4 Å². The molecule has 9 heteroatoms. The zero-order chi connectivity index (χ0) is 21.8. The molecular formula is C22H24N6O3. The number of hydrogen-bond donors (Lipinski definition) is 2. The molecule has 0 aliphatic carbocycles. The smallest absolute Gasteiger partial charge is 0.259 e. The van der Waals surface area contributed by atoms with Crippen molar-refractivity contribution in [1.29, 1.82) is 5.41 Å². The van der Waals surface area contributed by atoms with Gasteiger partial charge in [-0.3, -0.25) is 4.79 Å². The quantitative estimate of drug-likeness (QED) is 0.584. The lowest BCUT2D eigenvalue weighted by Gasteiger charge is -2.18. The summed E-state index contributed by atoms with van der Waals surface area (Å²) in [6, 6.07) is 7.82. The molecule has 3 N–H and O–H groups in total. The summed E-state index contributed by atoms with van der Waals surface area (Å²) in [5.74, 6) is 1.17. The lowest BCUT2D eigenvalue weighted by Crippen LogP contribution is -2.37. The summed E-state index contributed by atoms with van der Waals surface area (Å²) in [7, 11) is 0. The highest BCUT2D eigenvalue weighted by Crippen LogP contribution is 2.27. The number of amides is 1. The van der Waals surface area contributed by atoms with Crippen molar-refractivity contribution in [1.82, 2.24) is 20.0 Å². The van der Waals surface area contributed by atoms with Crippen LogP contribution in [0.1, 0.15) is 23.6 Å². The molecule has 0 spiro atoms. The van der Waals surface area contributed by atoms with Gasteiger partial charge in [0.1, 0.15) is 0 Å². The lowest BCUT2D eigenvalue weighted by atomic mass is 10.00. The zero-order valence-electron chi connectivity index (χ0n) is 17.3. The van der Waals surface area contributed by atoms with Crippen LogP contribution >= 0.6 is 0 Å². The maximum absolute atomic E-state index is 11.9. The summed E-state index contributed by atoms with van der Waals surface area (Å²) >= 11 is 0. The predicted molar refractivity (Wildman–Crippen MR) is 115 cm³/mol. The molecule has 1 aromatic carbocycles. The molecule has 2 aromatic heterocycles. The summed E-state index contributed by atoms with van der Waals surface area (Å²) < 4.78 is 10.9. The highest BCUT2D eigenvalue weighted by molar-refractivity contribution is 5.82. The Bertz CT molecular complexity index is 1110. The number of rotatable bonds is 6. The Labute approximate surface area is 179 Å². The normalized spacial score (nSPS) is 13.4. The maximum Gasteiger partial charge on any atom is 0.259 e. The van der Waals surface area contributed by atoms with E-state index < -0.39 is 0 Å². The summed E-state index contributed by atoms with van der Waals surface area (Å²) in [4.78, 5) is 22.5. The Kier molecular flexibility index (Phi) is 6.03. The highest BCUT2D eigenvalue weighted by atomic mass is 16.5. The number of ether oxygens (including phenoxy) is 1. The van der Waals surface area contributed by atoms with Crippen LogP contribution in [0.5, 0.6) is 5.88 Å². The van der Waals surface area contributed by atoms with E-state index in [0.717, 1.165) is 18.4 Å². The maximum atomic E-state index is 11.9. The molecule has 1 aliphatic heterocycles. The Morgan fingerprint density at radius 1 is 1.26 bits per heavy atom. The minimum Gasteiger partial charge on any atom is -0.477 e. The molecule has 4 rings (SSSR count). The molecule has 3 heterocycles. The standard InChI is InChI=1S/C22H24N6O3/c1-2-30-21-17(11-23)10-18(13-25-21)22-26-20(27-31-22)16-4-3-14-5-7-28(19(29)12-24)8-6-15(14)9-16/h3-4,9-11,13,23H,2,5-8,12,24H2,1H3. The van der Waals surface area contributed by atoms with Crippen molar-refractivity contribution in [3.8, 4) is 28.7 Å². The third-order valence-corrected chi connectivity index (χ3v) is 5.28. The van der Waals surface area contributed by atoms with Crippen molar-refractivity contribution < 1.29 is 14.1 Å². The number of carbonyl (C=O) groups excluding carboxylic acids is 1. The van der Waals surface area contributed by atoms with Gasteiger partial charge in [-0.2, -0.15) is 4.98 Å². The number of fused-ring (bicyclic) bond motifs is 1. The van der Waals surface area contributed by atoms with Crippen LogP contribution in [0, 0.1) is 5.41 Å². The van der Waals surface area contributed by atoms with Gasteiger partial charge in [-0.15, -0.1) is 0 Å². The molecule has 3 aromatic rings. The second-order valence-corrected chi connectivity index (χ2v) is 7.19. The molecule has 0 saturated heterocycles. The van der Waals surface area contributed by atoms with Gasteiger partial charge in [-0.1, -0.05) is 17.3 Å². The van der Waals surface area contributed by atoms with E-state index in [0.29, 0.717) is 48.4 Å². The zero-order valence-corrected chi connectivity index (χ0v) is 17.3. The summed E-state index contributed by atoms with van der Waals surface area (Å²) in [5, 5.41) is 11.7. The van der Waals surface area contributed by atoms with E-state index in [2.05, 4.69) is 27.3 Å². The average molecular weight is 420 g/mol. The topological polar surface area (TPSA) is 131 Å². The van der Waals surface area contributed by atoms with Crippen molar-refractivity contribution >= 4 is 12.1 Å². The molecule has 31 heavy (non-hydrogen) atoms. The monoisotopic (exact) mass is 420 g/mol. The van der Waals surface area contributed by atoms with E-state index in [1.807, 2.05) is 17.9 Å². The lowest BCUT2D eigenvalue weighted by molar-refractivity contribution is -0.129. The number of nitrogens with two attached hydrogens (primary N) is 1. The highest BCUT2D eigenvalue weighted by Gasteiger charge is 2.19. The predicted octanol–water partition coefficient (Wildman–Crippen LogP) is 2.08. The molecule has 0 radical (unpaired) electrons. The number of aromatic nitrogens is 3. The van der Waals surface area contributed by atoms with Gasteiger partial charge in [-0.05, 0) is 43.0 Å². The van der Waals surface area contributed by atoms with Crippen molar-refractivity contribution in [3.63, 3.8) is 0 Å². The number of hydrogen-bond acceptors (Lipinski definition) is 8. The van der Waals surface area contributed by atoms with Crippen molar-refractivity contribution in [3.05, 3.63) is 47.2 Å². The largest absolute Gasteiger partial charge is 0.477 e. The molecule has 9 nitrogen and oxygen atoms in total. The van der Waals surface area contributed by atoms with Crippen LogP contribution in [0.2, 0.25) is 0 Å². The number of pyridine rings is 1. The van der Waals surface area contributed by atoms with Crippen molar-refractivity contribution in [2.24, 2.45) is 5.73 Å². The third kappa shape index (κ3) is 4.31. The van der Waals surface area contributed by atoms with E-state index >= 15 is 0 Å². The first kappa shape index (κ1) is 20.7. The van der Waals surface area contributed by atoms with Gasteiger partial charge in [0, 0.05) is 31.1 Å². The second-order valence-electron chi connectivity index (χ2n) is 7.19. The molecule has 0 atom stereocenters. The van der Waals surface area contributed by atoms with E-state index in [1.165, 1.54) is 17.3 Å². The number of benzene rings is 1. The van der Waals surface area contributed by atoms with Crippen LogP contribution in [0.4, 0.5) is 0 Å². The Morgan fingerprint density at radius 3 is 2.81 bits per heavy atom. The Balaban J connectivity index is 1.57. The third-order valence-electron chi connectivity index (χ3n) is 5.28. The first-order valence-electron chi connectivity index (χ1n) is 10.2. The van der Waals surface area contributed by atoms with Crippen LogP contribution in [-0.4, -0.2) is 58.4 Å². The van der Waals surface area contributed by atoms with Crippen molar-refractivity contribution in [2.45, 2.75) is 19.8 Å². The van der Waals surface area contributed by atoms with Crippen molar-refractivity contribution in [2.75, 3.05) is 26.2 Å². The van der Waals surface area contributed by atoms with E-state index in [1.54, 1.807) is 12.3 Å². The Hall–Kier alpha value is -3.59. The molecule has 0 bridgehead atoms. The fourth-order valence-corrected chi connectivity index (χ4v) is 3.65. The van der Waals surface area contributed by atoms with E-state index in [-0.39, 0.29) is 12.5 Å². The van der Waals surface area contributed by atoms with Crippen LogP contribution < -0.4 is 10.5 Å². The number of nitrogens with one attached hydrogen (secondary N) is 1. The van der Waals surface area contributed by atoms with Gasteiger partial charge in [0.2, 0.25) is 17.6 Å². The molecule has 0 fully saturated rings. The van der Waals surface area contributed by atoms with Gasteiger partial charge < -0.3 is 25.3 Å². The Morgan fingerprint density at radius 2 is 2.06 bits per heavy atom. The van der Waals surface area contributed by atoms with Gasteiger partial charge in [0.05, 0.1) is 24.3 Å². The second kappa shape index (κ2) is 9.05. The van der Waals surface area contributed by atoms with Gasteiger partial charge in [0.25, 0.3) is 5.89 Å². The molecular weight excluding hydrogens is 396 g/mol. The summed E-state index contributed by atoms with van der Waals surface area (Å²) in [6.07, 6.45) is 4.33. The van der Waals surface area contributed by atoms with Crippen LogP contribution in [0.3, 0.4) is 0 Å². The average Bonchev–Trinajstić information content (AvgIpc) is 3.20. The summed E-state index contributed by atoms with van der Waals surface area (Å²) in [5.41, 5.74) is 9.90. The van der Waals surface area contributed by atoms with Crippen LogP contribution in [0.15, 0.2) is 35.0 Å². The van der Waals surface area contributed by atoms with Crippen LogP contribution in [0.25, 0.3) is 22.8 Å². The van der Waals surface area contributed by atoms with Gasteiger partial charge >= 0.3 is 0 Å². The first-order chi connectivity index (χ1) is 15.1. The van der Waals surface area contributed by atoms with Gasteiger partial charge in [-0.25, -0.2) is 4.98 Å². The number of nitrogens with zero attached hydrogens (tertiary/aromatic N) is 4. The summed E-state index contributed by atoms with van der Waals surface area (Å²) in [6.45, 7) is 3.69. The molecule has 1 aliphatic rings. The molecule has 160 valence electrons. The first-order valence-corrected chi connectivity index (χ1v) is 10.2. The fraction of sp³-hybridized carbons (Fsp3) is 0.318. The number of carbonyl (C=O) groups is 1. The van der Waals surface area contributed by atoms with Crippen LogP contribution in [-0.2, 0) is 17.6 Å².